The van der Waals surface area contributed by atoms with E-state index in [9.17, 15) is 0 Å². The van der Waals surface area contributed by atoms with Gasteiger partial charge in [-0.05, 0) is 55.6 Å². The van der Waals surface area contributed by atoms with Crippen molar-refractivity contribution in [2.75, 3.05) is 39.9 Å². The maximum atomic E-state index is 6.09. The SMILES string of the molecule is CN=C(NCCCc1ccc(C(C)C)cc1)N1CCC(OCC2CCCO2)CC1.I. The van der Waals surface area contributed by atoms with Crippen molar-refractivity contribution >= 4 is 29.9 Å². The second kappa shape index (κ2) is 13.5. The molecule has 1 N–H and O–H groups in total. The summed E-state index contributed by atoms with van der Waals surface area (Å²) in [5.41, 5.74) is 2.82. The summed E-state index contributed by atoms with van der Waals surface area (Å²) in [6.45, 7) is 9.10. The van der Waals surface area contributed by atoms with Crippen molar-refractivity contribution < 1.29 is 9.47 Å². The molecule has 0 aromatic heterocycles. The van der Waals surface area contributed by atoms with Gasteiger partial charge in [-0.3, -0.25) is 4.99 Å². The molecule has 1 aromatic carbocycles. The molecule has 0 saturated carbocycles. The molecule has 0 amide bonds. The summed E-state index contributed by atoms with van der Waals surface area (Å²) in [4.78, 5) is 6.86. The van der Waals surface area contributed by atoms with Gasteiger partial charge in [-0.15, -0.1) is 24.0 Å². The van der Waals surface area contributed by atoms with Gasteiger partial charge < -0.3 is 19.7 Å². The van der Waals surface area contributed by atoms with E-state index in [1.54, 1.807) is 0 Å². The third kappa shape index (κ3) is 8.00. The molecular weight excluding hydrogens is 489 g/mol. The lowest BCUT2D eigenvalue weighted by Gasteiger charge is -2.34. The average Bonchev–Trinajstić information content (AvgIpc) is 3.27. The number of likely N-dealkylation sites (tertiary alicyclic amines) is 1. The number of ether oxygens (including phenoxy) is 2. The number of hydrogen-bond acceptors (Lipinski definition) is 3. The molecule has 5 nitrogen and oxygen atoms in total. The van der Waals surface area contributed by atoms with Gasteiger partial charge in [0.05, 0.1) is 18.8 Å². The minimum absolute atomic E-state index is 0. The molecule has 2 fully saturated rings. The van der Waals surface area contributed by atoms with Crippen LogP contribution in [0.15, 0.2) is 29.3 Å². The first kappa shape index (κ1) is 25.4. The Kier molecular flexibility index (Phi) is 11.5. The van der Waals surface area contributed by atoms with Gasteiger partial charge in [0.2, 0.25) is 0 Å². The van der Waals surface area contributed by atoms with E-state index in [2.05, 4.69) is 53.3 Å². The molecule has 30 heavy (non-hydrogen) atoms. The Labute approximate surface area is 200 Å². The van der Waals surface area contributed by atoms with Crippen LogP contribution < -0.4 is 5.32 Å². The van der Waals surface area contributed by atoms with E-state index < -0.39 is 0 Å². The first-order chi connectivity index (χ1) is 14.2. The molecule has 2 aliphatic rings. The molecule has 3 rings (SSSR count). The van der Waals surface area contributed by atoms with Crippen LogP contribution in [-0.2, 0) is 15.9 Å². The van der Waals surface area contributed by atoms with E-state index in [4.69, 9.17) is 9.47 Å². The van der Waals surface area contributed by atoms with Crippen LogP contribution in [-0.4, -0.2) is 63.0 Å². The fourth-order valence-electron chi connectivity index (χ4n) is 4.15. The summed E-state index contributed by atoms with van der Waals surface area (Å²) in [6, 6.07) is 9.06. The Hall–Kier alpha value is -0.860. The Morgan fingerprint density at radius 1 is 1.20 bits per heavy atom. The van der Waals surface area contributed by atoms with Crippen LogP contribution in [0.1, 0.15) is 63.0 Å². The Morgan fingerprint density at radius 3 is 2.53 bits per heavy atom. The number of hydrogen-bond donors (Lipinski definition) is 1. The molecule has 0 spiro atoms. The predicted octanol–water partition coefficient (Wildman–Crippen LogP) is 4.60. The van der Waals surface area contributed by atoms with Crippen molar-refractivity contribution in [3.63, 3.8) is 0 Å². The summed E-state index contributed by atoms with van der Waals surface area (Å²) in [7, 11) is 1.88. The van der Waals surface area contributed by atoms with E-state index in [1.807, 2.05) is 7.05 Å². The largest absolute Gasteiger partial charge is 0.376 e. The van der Waals surface area contributed by atoms with Crippen molar-refractivity contribution in [2.45, 2.75) is 70.5 Å². The van der Waals surface area contributed by atoms with Crippen molar-refractivity contribution in [3.8, 4) is 0 Å². The van der Waals surface area contributed by atoms with Gasteiger partial charge in [-0.25, -0.2) is 0 Å². The fourth-order valence-corrected chi connectivity index (χ4v) is 4.15. The molecule has 2 saturated heterocycles. The molecule has 2 heterocycles. The number of aliphatic imine (C=N–C) groups is 1. The van der Waals surface area contributed by atoms with Crippen molar-refractivity contribution in [3.05, 3.63) is 35.4 Å². The van der Waals surface area contributed by atoms with Gasteiger partial charge in [0.15, 0.2) is 5.96 Å². The number of guanidine groups is 1. The van der Waals surface area contributed by atoms with Crippen molar-refractivity contribution in [2.24, 2.45) is 4.99 Å². The molecule has 0 radical (unpaired) electrons. The summed E-state index contributed by atoms with van der Waals surface area (Å²) in [6.07, 6.45) is 7.36. The minimum Gasteiger partial charge on any atom is -0.376 e. The van der Waals surface area contributed by atoms with Gasteiger partial charge in [0.1, 0.15) is 0 Å². The van der Waals surface area contributed by atoms with Crippen LogP contribution in [0.4, 0.5) is 0 Å². The zero-order valence-electron chi connectivity index (χ0n) is 18.9. The van der Waals surface area contributed by atoms with Gasteiger partial charge in [-0.2, -0.15) is 0 Å². The number of benzene rings is 1. The Balaban J connectivity index is 0.00000320. The summed E-state index contributed by atoms with van der Waals surface area (Å²) >= 11 is 0. The third-order valence-electron chi connectivity index (χ3n) is 6.07. The molecule has 0 bridgehead atoms. The summed E-state index contributed by atoms with van der Waals surface area (Å²) < 4.78 is 11.7. The number of nitrogens with zero attached hydrogens (tertiary/aromatic N) is 2. The standard InChI is InChI=1S/C24H39N3O2.HI/c1-19(2)21-10-8-20(9-11-21)6-4-14-26-24(25-3)27-15-12-22(13-16-27)29-18-23-7-5-17-28-23;/h8-11,19,22-23H,4-7,12-18H2,1-3H3,(H,25,26);1H. The van der Waals surface area contributed by atoms with Gasteiger partial charge in [0, 0.05) is 33.3 Å². The molecule has 1 aromatic rings. The van der Waals surface area contributed by atoms with E-state index in [0.29, 0.717) is 18.1 Å². The molecule has 0 aliphatic carbocycles. The smallest absolute Gasteiger partial charge is 0.193 e. The number of nitrogens with one attached hydrogen (secondary N) is 1. The quantitative estimate of drug-likeness (QED) is 0.232. The highest BCUT2D eigenvalue weighted by Crippen LogP contribution is 2.18. The second-order valence-corrected chi connectivity index (χ2v) is 8.63. The van der Waals surface area contributed by atoms with Gasteiger partial charge >= 0.3 is 0 Å². The number of piperidine rings is 1. The van der Waals surface area contributed by atoms with Crippen molar-refractivity contribution in [1.29, 1.82) is 0 Å². The van der Waals surface area contributed by atoms with E-state index in [1.165, 1.54) is 17.5 Å². The monoisotopic (exact) mass is 529 g/mol. The van der Waals surface area contributed by atoms with Crippen LogP contribution in [0.25, 0.3) is 0 Å². The Morgan fingerprint density at radius 2 is 1.93 bits per heavy atom. The molecule has 170 valence electrons. The second-order valence-electron chi connectivity index (χ2n) is 8.63. The van der Waals surface area contributed by atoms with E-state index >= 15 is 0 Å². The van der Waals surface area contributed by atoms with Crippen LogP contribution in [0, 0.1) is 0 Å². The van der Waals surface area contributed by atoms with E-state index in [0.717, 1.165) is 70.9 Å². The molecule has 1 atom stereocenters. The molecule has 6 heteroatoms. The van der Waals surface area contributed by atoms with E-state index in [-0.39, 0.29) is 24.0 Å². The van der Waals surface area contributed by atoms with Crippen LogP contribution in [0.2, 0.25) is 0 Å². The maximum Gasteiger partial charge on any atom is 0.193 e. The minimum atomic E-state index is 0. The predicted molar refractivity (Wildman–Crippen MR) is 135 cm³/mol. The highest BCUT2D eigenvalue weighted by molar-refractivity contribution is 14.0. The highest BCUT2D eigenvalue weighted by Gasteiger charge is 2.24. The van der Waals surface area contributed by atoms with Crippen LogP contribution >= 0.6 is 24.0 Å². The van der Waals surface area contributed by atoms with Gasteiger partial charge in [0.25, 0.3) is 0 Å². The number of rotatable bonds is 8. The number of aryl methyl sites for hydroxylation is 1. The third-order valence-corrected chi connectivity index (χ3v) is 6.07. The topological polar surface area (TPSA) is 46.1 Å². The summed E-state index contributed by atoms with van der Waals surface area (Å²) in [5.74, 6) is 1.62. The molecular formula is C24H40IN3O2. The first-order valence-electron chi connectivity index (χ1n) is 11.4. The average molecular weight is 530 g/mol. The first-order valence-corrected chi connectivity index (χ1v) is 11.4. The zero-order valence-corrected chi connectivity index (χ0v) is 21.3. The van der Waals surface area contributed by atoms with Crippen LogP contribution in [0.5, 0.6) is 0 Å². The molecule has 1 unspecified atom stereocenters. The lowest BCUT2D eigenvalue weighted by atomic mass is 10.0. The zero-order chi connectivity index (χ0) is 20.5. The molecule has 2 aliphatic heterocycles. The van der Waals surface area contributed by atoms with Crippen LogP contribution in [0.3, 0.4) is 0 Å². The Bertz CT molecular complexity index is 622. The lowest BCUT2D eigenvalue weighted by Crippen LogP contribution is -2.47. The highest BCUT2D eigenvalue weighted by atomic mass is 127. The maximum absolute atomic E-state index is 6.09. The van der Waals surface area contributed by atoms with Gasteiger partial charge in [-0.1, -0.05) is 38.1 Å². The normalized spacial score (nSPS) is 20.5. The number of halogens is 1. The fraction of sp³-hybridized carbons (Fsp3) is 0.708. The summed E-state index contributed by atoms with van der Waals surface area (Å²) in [5, 5.41) is 3.55. The lowest BCUT2D eigenvalue weighted by molar-refractivity contribution is -0.0367. The van der Waals surface area contributed by atoms with Crippen molar-refractivity contribution in [1.82, 2.24) is 10.2 Å².